The van der Waals surface area contributed by atoms with Crippen LogP contribution in [0.5, 0.6) is 0 Å². The zero-order valence-corrected chi connectivity index (χ0v) is 8.33. The summed E-state index contributed by atoms with van der Waals surface area (Å²) in [6, 6.07) is 2.60. The topological polar surface area (TPSA) is 37.8 Å². The van der Waals surface area contributed by atoms with Crippen molar-refractivity contribution in [2.24, 2.45) is 5.41 Å². The number of hydrogen-bond acceptors (Lipinski definition) is 3. The fourth-order valence-corrected chi connectivity index (χ4v) is 1.43. The van der Waals surface area contributed by atoms with Gasteiger partial charge in [-0.15, -0.1) is 5.10 Å². The molecule has 13 heavy (non-hydrogen) atoms. The van der Waals surface area contributed by atoms with E-state index in [4.69, 9.17) is 0 Å². The second-order valence-electron chi connectivity index (χ2n) is 4.51. The molecule has 70 valence electrons. The summed E-state index contributed by atoms with van der Waals surface area (Å²) in [6.45, 7) is 6.54. The number of anilines is 1. The highest BCUT2D eigenvalue weighted by Crippen LogP contribution is 2.46. The molecule has 1 aromatic heterocycles. The van der Waals surface area contributed by atoms with E-state index in [-0.39, 0.29) is 0 Å². The third-order valence-electron chi connectivity index (χ3n) is 2.63. The van der Waals surface area contributed by atoms with Crippen LogP contribution < -0.4 is 5.32 Å². The lowest BCUT2D eigenvalue weighted by molar-refractivity contribution is 0.629. The lowest BCUT2D eigenvalue weighted by Crippen LogP contribution is -2.10. The first-order valence-corrected chi connectivity index (χ1v) is 4.64. The molecule has 1 heterocycles. The molecule has 0 aromatic carbocycles. The average molecular weight is 177 g/mol. The molecule has 1 saturated carbocycles. The quantitative estimate of drug-likeness (QED) is 0.750. The first kappa shape index (κ1) is 8.48. The first-order valence-electron chi connectivity index (χ1n) is 4.64. The molecule has 1 unspecified atom stereocenters. The van der Waals surface area contributed by atoms with Crippen LogP contribution in [0.1, 0.15) is 25.8 Å². The highest BCUT2D eigenvalue weighted by molar-refractivity contribution is 5.39. The normalized spacial score (nSPS) is 24.1. The first-order chi connectivity index (χ1) is 6.08. The number of nitrogens with zero attached hydrogens (tertiary/aromatic N) is 2. The molecule has 1 N–H and O–H groups in total. The number of aryl methyl sites for hydroxylation is 1. The Balaban J connectivity index is 2.03. The molecule has 2 rings (SSSR count). The van der Waals surface area contributed by atoms with Crippen LogP contribution in [0.3, 0.4) is 0 Å². The standard InChI is InChI=1S/C10H15N3/c1-7-4-9(13-11-6-7)12-8-5-10(8,2)3/h4,6,8H,5H2,1-3H3,(H,12,13). The second-order valence-corrected chi connectivity index (χ2v) is 4.51. The second kappa shape index (κ2) is 2.69. The van der Waals surface area contributed by atoms with E-state index < -0.39 is 0 Å². The lowest BCUT2D eigenvalue weighted by Gasteiger charge is -2.06. The van der Waals surface area contributed by atoms with Gasteiger partial charge in [-0.2, -0.15) is 5.10 Å². The molecular formula is C10H15N3. The molecule has 0 radical (unpaired) electrons. The Labute approximate surface area is 78.6 Å². The van der Waals surface area contributed by atoms with Gasteiger partial charge >= 0.3 is 0 Å². The monoisotopic (exact) mass is 177 g/mol. The summed E-state index contributed by atoms with van der Waals surface area (Å²) in [5, 5.41) is 11.3. The highest BCUT2D eigenvalue weighted by Gasteiger charge is 2.45. The van der Waals surface area contributed by atoms with Crippen LogP contribution in [0.25, 0.3) is 0 Å². The summed E-state index contributed by atoms with van der Waals surface area (Å²) < 4.78 is 0. The summed E-state index contributed by atoms with van der Waals surface area (Å²) in [7, 11) is 0. The Morgan fingerprint density at radius 2 is 2.23 bits per heavy atom. The zero-order chi connectivity index (χ0) is 9.47. The van der Waals surface area contributed by atoms with Crippen molar-refractivity contribution in [1.82, 2.24) is 10.2 Å². The third-order valence-corrected chi connectivity index (χ3v) is 2.63. The number of hydrogen-bond donors (Lipinski definition) is 1. The molecule has 0 spiro atoms. The molecule has 3 nitrogen and oxygen atoms in total. The van der Waals surface area contributed by atoms with Crippen molar-refractivity contribution in [3.05, 3.63) is 17.8 Å². The predicted octanol–water partition coefficient (Wildman–Crippen LogP) is 2.00. The molecule has 0 bridgehead atoms. The van der Waals surface area contributed by atoms with Crippen LogP contribution in [0.2, 0.25) is 0 Å². The van der Waals surface area contributed by atoms with Crippen molar-refractivity contribution in [3.8, 4) is 0 Å². The lowest BCUT2D eigenvalue weighted by atomic mass is 10.2. The Morgan fingerprint density at radius 3 is 2.77 bits per heavy atom. The van der Waals surface area contributed by atoms with Gasteiger partial charge in [-0.3, -0.25) is 0 Å². The van der Waals surface area contributed by atoms with E-state index in [1.165, 1.54) is 6.42 Å². The van der Waals surface area contributed by atoms with Gasteiger partial charge in [-0.25, -0.2) is 0 Å². The summed E-state index contributed by atoms with van der Waals surface area (Å²) in [5.74, 6) is 0.899. The minimum atomic E-state index is 0.436. The fourth-order valence-electron chi connectivity index (χ4n) is 1.43. The van der Waals surface area contributed by atoms with Gasteiger partial charge in [-0.05, 0) is 30.4 Å². The third kappa shape index (κ3) is 1.79. The molecule has 1 aromatic rings. The predicted molar refractivity (Wildman–Crippen MR) is 52.6 cm³/mol. The van der Waals surface area contributed by atoms with Gasteiger partial charge in [0.25, 0.3) is 0 Å². The Hall–Kier alpha value is -1.12. The van der Waals surface area contributed by atoms with Crippen molar-refractivity contribution in [1.29, 1.82) is 0 Å². The maximum atomic E-state index is 4.02. The average Bonchev–Trinajstić information content (AvgIpc) is 2.58. The number of rotatable bonds is 2. The summed E-state index contributed by atoms with van der Waals surface area (Å²) in [4.78, 5) is 0. The van der Waals surface area contributed by atoms with Crippen molar-refractivity contribution in [2.75, 3.05) is 5.32 Å². The Morgan fingerprint density at radius 1 is 1.54 bits per heavy atom. The van der Waals surface area contributed by atoms with E-state index in [0.717, 1.165) is 11.4 Å². The molecule has 1 aliphatic carbocycles. The molecule has 0 saturated heterocycles. The molecule has 1 fully saturated rings. The molecule has 0 amide bonds. The Kier molecular flexibility index (Phi) is 1.75. The summed E-state index contributed by atoms with van der Waals surface area (Å²) >= 11 is 0. The van der Waals surface area contributed by atoms with Gasteiger partial charge in [0.15, 0.2) is 0 Å². The van der Waals surface area contributed by atoms with E-state index in [0.29, 0.717) is 11.5 Å². The van der Waals surface area contributed by atoms with E-state index in [1.807, 2.05) is 13.0 Å². The molecule has 3 heteroatoms. The fraction of sp³-hybridized carbons (Fsp3) is 0.600. The van der Waals surface area contributed by atoms with Gasteiger partial charge in [0.2, 0.25) is 0 Å². The Bertz CT molecular complexity index is 320. The number of aromatic nitrogens is 2. The van der Waals surface area contributed by atoms with Gasteiger partial charge < -0.3 is 5.32 Å². The van der Waals surface area contributed by atoms with Crippen LogP contribution in [0.15, 0.2) is 12.3 Å². The van der Waals surface area contributed by atoms with E-state index in [2.05, 4.69) is 29.4 Å². The zero-order valence-electron chi connectivity index (χ0n) is 8.33. The summed E-state index contributed by atoms with van der Waals surface area (Å²) in [5.41, 5.74) is 1.58. The minimum absolute atomic E-state index is 0.436. The van der Waals surface area contributed by atoms with Crippen LogP contribution in [0.4, 0.5) is 5.82 Å². The van der Waals surface area contributed by atoms with Gasteiger partial charge in [0.05, 0.1) is 6.20 Å². The van der Waals surface area contributed by atoms with E-state index in [9.17, 15) is 0 Å². The van der Waals surface area contributed by atoms with Crippen LogP contribution in [-0.4, -0.2) is 16.2 Å². The van der Waals surface area contributed by atoms with Crippen molar-refractivity contribution < 1.29 is 0 Å². The van der Waals surface area contributed by atoms with Crippen LogP contribution in [-0.2, 0) is 0 Å². The van der Waals surface area contributed by atoms with Gasteiger partial charge in [0.1, 0.15) is 5.82 Å². The molecule has 1 atom stereocenters. The minimum Gasteiger partial charge on any atom is -0.365 e. The van der Waals surface area contributed by atoms with Gasteiger partial charge in [-0.1, -0.05) is 13.8 Å². The maximum absolute atomic E-state index is 4.02. The summed E-state index contributed by atoms with van der Waals surface area (Å²) in [6.07, 6.45) is 2.99. The van der Waals surface area contributed by atoms with E-state index in [1.54, 1.807) is 6.20 Å². The highest BCUT2D eigenvalue weighted by atomic mass is 15.2. The SMILES string of the molecule is Cc1cnnc(NC2CC2(C)C)c1. The molecular weight excluding hydrogens is 162 g/mol. The van der Waals surface area contributed by atoms with Crippen LogP contribution in [0, 0.1) is 12.3 Å². The van der Waals surface area contributed by atoms with Crippen LogP contribution >= 0.6 is 0 Å². The van der Waals surface area contributed by atoms with Crippen molar-refractivity contribution in [3.63, 3.8) is 0 Å². The van der Waals surface area contributed by atoms with Crippen molar-refractivity contribution >= 4 is 5.82 Å². The molecule has 0 aliphatic heterocycles. The smallest absolute Gasteiger partial charge is 0.149 e. The van der Waals surface area contributed by atoms with E-state index >= 15 is 0 Å². The maximum Gasteiger partial charge on any atom is 0.149 e. The largest absolute Gasteiger partial charge is 0.365 e. The number of nitrogens with one attached hydrogen (secondary N) is 1. The van der Waals surface area contributed by atoms with Gasteiger partial charge in [0, 0.05) is 6.04 Å². The molecule has 1 aliphatic rings. The van der Waals surface area contributed by atoms with Crippen molar-refractivity contribution in [2.45, 2.75) is 33.2 Å².